The minimum atomic E-state index is 0.863. The van der Waals surface area contributed by atoms with E-state index in [0.717, 1.165) is 30.6 Å². The van der Waals surface area contributed by atoms with Crippen LogP contribution in [0.5, 0.6) is 0 Å². The molecule has 2 aromatic rings. The topological polar surface area (TPSA) is 29.9 Å². The monoisotopic (exact) mass is 283 g/mol. The lowest BCUT2D eigenvalue weighted by Gasteiger charge is -2.28. The van der Waals surface area contributed by atoms with Crippen LogP contribution in [0, 0.1) is 11.8 Å². The first-order valence-corrected chi connectivity index (χ1v) is 8.12. The second-order valence-electron chi connectivity index (χ2n) is 6.27. The van der Waals surface area contributed by atoms with Gasteiger partial charge in [0.1, 0.15) is 0 Å². The number of aromatic nitrogens is 2. The number of nitrogens with one attached hydrogen (secondary N) is 1. The zero-order chi connectivity index (χ0) is 14.5. The zero-order valence-corrected chi connectivity index (χ0v) is 12.8. The summed E-state index contributed by atoms with van der Waals surface area (Å²) in [6, 6.07) is 10.6. The average Bonchev–Trinajstić information content (AvgIpc) is 3.04. The van der Waals surface area contributed by atoms with Crippen LogP contribution in [0.1, 0.15) is 38.2 Å². The predicted molar refractivity (Wildman–Crippen MR) is 86.4 cm³/mol. The number of hydrogen-bond acceptors (Lipinski definition) is 2. The third-order valence-corrected chi connectivity index (χ3v) is 4.73. The first kappa shape index (κ1) is 14.3. The first-order chi connectivity index (χ1) is 10.3. The van der Waals surface area contributed by atoms with E-state index in [9.17, 15) is 0 Å². The van der Waals surface area contributed by atoms with E-state index in [-0.39, 0.29) is 0 Å². The molecule has 1 aromatic heterocycles. The van der Waals surface area contributed by atoms with Gasteiger partial charge in [0.05, 0.1) is 5.69 Å². The van der Waals surface area contributed by atoms with Crippen molar-refractivity contribution >= 4 is 0 Å². The highest BCUT2D eigenvalue weighted by Crippen LogP contribution is 2.28. The van der Waals surface area contributed by atoms with Crippen LogP contribution in [0.15, 0.2) is 42.7 Å². The predicted octanol–water partition coefficient (Wildman–Crippen LogP) is 3.79. The van der Waals surface area contributed by atoms with Gasteiger partial charge in [-0.2, -0.15) is 5.10 Å². The van der Waals surface area contributed by atoms with E-state index >= 15 is 0 Å². The van der Waals surface area contributed by atoms with Crippen LogP contribution in [0.2, 0.25) is 0 Å². The van der Waals surface area contributed by atoms with Crippen LogP contribution < -0.4 is 5.32 Å². The lowest BCUT2D eigenvalue weighted by Crippen LogP contribution is -2.29. The smallest absolute Gasteiger partial charge is 0.0645 e. The van der Waals surface area contributed by atoms with Crippen LogP contribution in [0.4, 0.5) is 0 Å². The molecule has 0 bridgehead atoms. The third-order valence-electron chi connectivity index (χ3n) is 4.73. The summed E-state index contributed by atoms with van der Waals surface area (Å²) >= 11 is 0. The highest BCUT2D eigenvalue weighted by molar-refractivity contribution is 5.33. The first-order valence-electron chi connectivity index (χ1n) is 8.12. The van der Waals surface area contributed by atoms with Gasteiger partial charge in [0.15, 0.2) is 0 Å². The Morgan fingerprint density at radius 3 is 2.71 bits per heavy atom. The number of rotatable bonds is 5. The van der Waals surface area contributed by atoms with Crippen LogP contribution in [0.25, 0.3) is 5.69 Å². The van der Waals surface area contributed by atoms with Gasteiger partial charge in [-0.1, -0.05) is 38.3 Å². The summed E-state index contributed by atoms with van der Waals surface area (Å²) in [6.07, 6.45) is 9.41. The second-order valence-corrected chi connectivity index (χ2v) is 6.27. The molecule has 3 nitrogen and oxygen atoms in total. The lowest BCUT2D eigenvalue weighted by atomic mass is 9.80. The van der Waals surface area contributed by atoms with Gasteiger partial charge in [0.25, 0.3) is 0 Å². The van der Waals surface area contributed by atoms with E-state index in [1.807, 2.05) is 16.9 Å². The maximum Gasteiger partial charge on any atom is 0.0645 e. The molecular weight excluding hydrogens is 258 g/mol. The highest BCUT2D eigenvalue weighted by Gasteiger charge is 2.20. The fraction of sp³-hybridized carbons (Fsp3) is 0.500. The van der Waals surface area contributed by atoms with Crippen LogP contribution in [-0.2, 0) is 6.54 Å². The molecule has 3 heteroatoms. The van der Waals surface area contributed by atoms with Crippen molar-refractivity contribution in [1.29, 1.82) is 0 Å². The Morgan fingerprint density at radius 2 is 2.00 bits per heavy atom. The maximum atomic E-state index is 4.25. The van der Waals surface area contributed by atoms with E-state index < -0.39 is 0 Å². The number of nitrogens with zero attached hydrogens (tertiary/aromatic N) is 2. The Hall–Kier alpha value is -1.61. The van der Waals surface area contributed by atoms with E-state index in [1.165, 1.54) is 31.2 Å². The molecular formula is C18H25N3. The van der Waals surface area contributed by atoms with Crippen molar-refractivity contribution in [1.82, 2.24) is 15.1 Å². The van der Waals surface area contributed by atoms with Crippen LogP contribution >= 0.6 is 0 Å². The molecule has 112 valence electrons. The van der Waals surface area contributed by atoms with Gasteiger partial charge < -0.3 is 5.32 Å². The van der Waals surface area contributed by atoms with Crippen molar-refractivity contribution < 1.29 is 0 Å². The van der Waals surface area contributed by atoms with Gasteiger partial charge in [-0.05, 0) is 48.6 Å². The Bertz CT molecular complexity index is 530. The highest BCUT2D eigenvalue weighted by atomic mass is 15.3. The van der Waals surface area contributed by atoms with Crippen molar-refractivity contribution in [2.24, 2.45) is 11.8 Å². The van der Waals surface area contributed by atoms with Crippen LogP contribution in [0.3, 0.4) is 0 Å². The maximum absolute atomic E-state index is 4.25. The molecule has 2 atom stereocenters. The minimum absolute atomic E-state index is 0.863. The summed E-state index contributed by atoms with van der Waals surface area (Å²) < 4.78 is 1.89. The molecule has 2 unspecified atom stereocenters. The molecule has 1 N–H and O–H groups in total. The Kier molecular flexibility index (Phi) is 4.71. The Balaban J connectivity index is 1.49. The van der Waals surface area contributed by atoms with Gasteiger partial charge in [-0.15, -0.1) is 0 Å². The van der Waals surface area contributed by atoms with Crippen molar-refractivity contribution in [3.05, 3.63) is 48.3 Å². The summed E-state index contributed by atoms with van der Waals surface area (Å²) in [6.45, 7) is 4.52. The van der Waals surface area contributed by atoms with Gasteiger partial charge in [-0.25, -0.2) is 4.68 Å². The minimum Gasteiger partial charge on any atom is -0.312 e. The van der Waals surface area contributed by atoms with Crippen molar-refractivity contribution in [2.45, 2.75) is 39.2 Å². The largest absolute Gasteiger partial charge is 0.312 e. The molecule has 1 fully saturated rings. The molecule has 1 saturated carbocycles. The van der Waals surface area contributed by atoms with Gasteiger partial charge in [0.2, 0.25) is 0 Å². The van der Waals surface area contributed by atoms with Crippen molar-refractivity contribution in [3.8, 4) is 5.69 Å². The Labute approximate surface area is 127 Å². The van der Waals surface area contributed by atoms with Crippen molar-refractivity contribution in [2.75, 3.05) is 6.54 Å². The number of benzene rings is 1. The summed E-state index contributed by atoms with van der Waals surface area (Å²) in [7, 11) is 0. The molecule has 1 aromatic carbocycles. The number of hydrogen-bond donors (Lipinski definition) is 1. The second kappa shape index (κ2) is 6.90. The van der Waals surface area contributed by atoms with Crippen LogP contribution in [-0.4, -0.2) is 16.3 Å². The molecule has 0 radical (unpaired) electrons. The van der Waals surface area contributed by atoms with E-state index in [4.69, 9.17) is 0 Å². The Morgan fingerprint density at radius 1 is 1.19 bits per heavy atom. The summed E-state index contributed by atoms with van der Waals surface area (Å²) in [4.78, 5) is 0. The molecule has 0 saturated heterocycles. The normalized spacial score (nSPS) is 22.3. The summed E-state index contributed by atoms with van der Waals surface area (Å²) in [5.41, 5.74) is 2.46. The molecule has 0 amide bonds. The van der Waals surface area contributed by atoms with Gasteiger partial charge in [0, 0.05) is 18.9 Å². The molecule has 1 heterocycles. The molecule has 1 aliphatic rings. The summed E-state index contributed by atoms with van der Waals surface area (Å²) in [5.74, 6) is 1.75. The zero-order valence-electron chi connectivity index (χ0n) is 12.8. The average molecular weight is 283 g/mol. The molecule has 0 spiro atoms. The van der Waals surface area contributed by atoms with Gasteiger partial charge >= 0.3 is 0 Å². The molecule has 1 aliphatic carbocycles. The van der Waals surface area contributed by atoms with Gasteiger partial charge in [-0.3, -0.25) is 0 Å². The molecule has 0 aliphatic heterocycles. The standard InChI is InChI=1S/C18H25N3/c1-15-5-2-3-6-17(15)14-19-13-16-7-9-18(10-8-16)21-12-4-11-20-21/h4,7-12,15,17,19H,2-3,5-6,13-14H2,1H3. The molecule has 21 heavy (non-hydrogen) atoms. The molecule has 3 rings (SSSR count). The SMILES string of the molecule is CC1CCCCC1CNCc1ccc(-n2cccn2)cc1. The fourth-order valence-corrected chi connectivity index (χ4v) is 3.29. The van der Waals surface area contributed by atoms with Crippen molar-refractivity contribution in [3.63, 3.8) is 0 Å². The summed E-state index contributed by atoms with van der Waals surface area (Å²) in [5, 5.41) is 7.88. The quantitative estimate of drug-likeness (QED) is 0.905. The van der Waals surface area contributed by atoms with E-state index in [2.05, 4.69) is 41.6 Å². The third kappa shape index (κ3) is 3.73. The fourth-order valence-electron chi connectivity index (χ4n) is 3.29. The lowest BCUT2D eigenvalue weighted by molar-refractivity contribution is 0.247. The van der Waals surface area contributed by atoms with E-state index in [0.29, 0.717) is 0 Å². The van der Waals surface area contributed by atoms with E-state index in [1.54, 1.807) is 6.20 Å².